The van der Waals surface area contributed by atoms with Gasteiger partial charge < -0.3 is 4.74 Å². The van der Waals surface area contributed by atoms with Crippen molar-refractivity contribution in [2.45, 2.75) is 33.6 Å². The molecule has 0 fully saturated rings. The molecule has 2 nitrogen and oxygen atoms in total. The van der Waals surface area contributed by atoms with E-state index in [0.29, 0.717) is 5.92 Å². The van der Waals surface area contributed by atoms with E-state index in [1.54, 1.807) is 0 Å². The number of hydrogen-bond donors (Lipinski definition) is 0. The first-order valence-corrected chi connectivity index (χ1v) is 4.21. The molecule has 2 atom stereocenters. The lowest BCUT2D eigenvalue weighted by molar-refractivity contribution is -0.146. The molecule has 66 valence electrons. The first kappa shape index (κ1) is 10.5. The van der Waals surface area contributed by atoms with E-state index in [1.165, 1.54) is 7.11 Å². The van der Waals surface area contributed by atoms with E-state index in [-0.39, 0.29) is 11.9 Å². The minimum absolute atomic E-state index is 0.0416. The normalized spacial score (nSPS) is 15.6. The number of esters is 1. The topological polar surface area (TPSA) is 26.3 Å². The Hall–Kier alpha value is -0.530. The summed E-state index contributed by atoms with van der Waals surface area (Å²) in [4.78, 5) is 11.0. The number of hydrogen-bond acceptors (Lipinski definition) is 2. The van der Waals surface area contributed by atoms with Crippen molar-refractivity contribution >= 4 is 5.97 Å². The monoisotopic (exact) mass is 158 g/mol. The zero-order valence-electron chi connectivity index (χ0n) is 7.89. The summed E-state index contributed by atoms with van der Waals surface area (Å²) in [5, 5.41) is 0. The summed E-state index contributed by atoms with van der Waals surface area (Å²) in [6.07, 6.45) is 2.22. The largest absolute Gasteiger partial charge is 0.469 e. The van der Waals surface area contributed by atoms with Crippen molar-refractivity contribution < 1.29 is 9.53 Å². The van der Waals surface area contributed by atoms with Crippen LogP contribution < -0.4 is 0 Å². The van der Waals surface area contributed by atoms with E-state index in [9.17, 15) is 4.79 Å². The number of ether oxygens (including phenoxy) is 1. The molecule has 0 aromatic rings. The molecule has 0 heterocycles. The van der Waals surface area contributed by atoms with Crippen molar-refractivity contribution in [1.82, 2.24) is 0 Å². The van der Waals surface area contributed by atoms with Crippen molar-refractivity contribution in [3.05, 3.63) is 0 Å². The molecule has 2 heteroatoms. The molecule has 0 N–H and O–H groups in total. The van der Waals surface area contributed by atoms with Crippen molar-refractivity contribution in [2.24, 2.45) is 11.8 Å². The van der Waals surface area contributed by atoms with E-state index < -0.39 is 0 Å². The fourth-order valence-electron chi connectivity index (χ4n) is 1.12. The summed E-state index contributed by atoms with van der Waals surface area (Å²) in [6, 6.07) is 0. The molecule has 0 aromatic heterocycles. The Labute approximate surface area is 68.9 Å². The summed E-state index contributed by atoms with van der Waals surface area (Å²) < 4.78 is 4.64. The van der Waals surface area contributed by atoms with E-state index in [1.807, 2.05) is 6.92 Å². The molecule has 0 spiro atoms. The summed E-state index contributed by atoms with van der Waals surface area (Å²) in [6.45, 7) is 6.14. The van der Waals surface area contributed by atoms with Crippen LogP contribution in [0.15, 0.2) is 0 Å². The molecule has 11 heavy (non-hydrogen) atoms. The van der Waals surface area contributed by atoms with Crippen LogP contribution in [-0.4, -0.2) is 13.1 Å². The van der Waals surface area contributed by atoms with Gasteiger partial charge in [0.2, 0.25) is 0 Å². The van der Waals surface area contributed by atoms with Crippen molar-refractivity contribution in [3.8, 4) is 0 Å². The van der Waals surface area contributed by atoms with Gasteiger partial charge in [0.15, 0.2) is 0 Å². The maximum atomic E-state index is 11.0. The molecule has 0 bridgehead atoms. The van der Waals surface area contributed by atoms with Gasteiger partial charge in [-0.3, -0.25) is 4.79 Å². The molecule has 0 rings (SSSR count). The third kappa shape index (κ3) is 3.40. The molecule has 0 saturated heterocycles. The van der Waals surface area contributed by atoms with Gasteiger partial charge in [-0.25, -0.2) is 0 Å². The molecule has 2 unspecified atom stereocenters. The summed E-state index contributed by atoms with van der Waals surface area (Å²) in [7, 11) is 1.44. The lowest BCUT2D eigenvalue weighted by Crippen LogP contribution is -2.19. The van der Waals surface area contributed by atoms with Crippen LogP contribution in [0.25, 0.3) is 0 Å². The van der Waals surface area contributed by atoms with E-state index in [0.717, 1.165) is 12.8 Å². The lowest BCUT2D eigenvalue weighted by Gasteiger charge is -2.16. The first-order valence-electron chi connectivity index (χ1n) is 4.21. The molecule has 0 aliphatic heterocycles. The highest BCUT2D eigenvalue weighted by atomic mass is 16.5. The van der Waals surface area contributed by atoms with Gasteiger partial charge in [0, 0.05) is 0 Å². The van der Waals surface area contributed by atoms with Gasteiger partial charge in [0.1, 0.15) is 0 Å². The van der Waals surface area contributed by atoms with E-state index in [4.69, 9.17) is 0 Å². The second-order valence-corrected chi connectivity index (χ2v) is 3.08. The average molecular weight is 158 g/mol. The molecule has 0 radical (unpaired) electrons. The average Bonchev–Trinajstić information content (AvgIpc) is 2.02. The van der Waals surface area contributed by atoms with Gasteiger partial charge in [-0.1, -0.05) is 33.6 Å². The second-order valence-electron chi connectivity index (χ2n) is 3.08. The van der Waals surface area contributed by atoms with Crippen molar-refractivity contribution in [1.29, 1.82) is 0 Å². The van der Waals surface area contributed by atoms with Crippen LogP contribution in [0.4, 0.5) is 0 Å². The van der Waals surface area contributed by atoms with Gasteiger partial charge >= 0.3 is 5.97 Å². The van der Waals surface area contributed by atoms with Crippen LogP contribution in [0, 0.1) is 11.8 Å². The summed E-state index contributed by atoms with van der Waals surface area (Å²) >= 11 is 0. The van der Waals surface area contributed by atoms with E-state index in [2.05, 4.69) is 18.6 Å². The Bertz CT molecular complexity index is 121. The van der Waals surface area contributed by atoms with Crippen LogP contribution in [0.2, 0.25) is 0 Å². The second kappa shape index (κ2) is 5.16. The number of methoxy groups -OCH3 is 1. The maximum absolute atomic E-state index is 11.0. The lowest BCUT2D eigenvalue weighted by atomic mass is 9.92. The summed E-state index contributed by atoms with van der Waals surface area (Å²) in [5.41, 5.74) is 0. The minimum atomic E-state index is -0.0917. The fourth-order valence-corrected chi connectivity index (χ4v) is 1.12. The zero-order valence-corrected chi connectivity index (χ0v) is 7.89. The molecule has 0 amide bonds. The third-order valence-corrected chi connectivity index (χ3v) is 2.17. The molecule has 0 aliphatic rings. The molecule has 0 aromatic carbocycles. The number of carbonyl (C=O) groups is 1. The van der Waals surface area contributed by atoms with Gasteiger partial charge in [-0.2, -0.15) is 0 Å². The Kier molecular flexibility index (Phi) is 4.92. The Balaban J connectivity index is 3.80. The predicted octanol–water partition coefficient (Wildman–Crippen LogP) is 2.23. The minimum Gasteiger partial charge on any atom is -0.469 e. The molecular formula is C9H18O2. The Morgan fingerprint density at radius 2 is 2.00 bits per heavy atom. The van der Waals surface area contributed by atoms with Crippen molar-refractivity contribution in [3.63, 3.8) is 0 Å². The molecule has 0 aliphatic carbocycles. The van der Waals surface area contributed by atoms with Crippen LogP contribution in [0.1, 0.15) is 33.6 Å². The highest BCUT2D eigenvalue weighted by Crippen LogP contribution is 2.17. The zero-order chi connectivity index (χ0) is 8.85. The molecular weight excluding hydrogens is 140 g/mol. The fraction of sp³-hybridized carbons (Fsp3) is 0.889. The van der Waals surface area contributed by atoms with Crippen LogP contribution in [0.3, 0.4) is 0 Å². The van der Waals surface area contributed by atoms with Gasteiger partial charge in [0.25, 0.3) is 0 Å². The number of rotatable bonds is 4. The van der Waals surface area contributed by atoms with Gasteiger partial charge in [0.05, 0.1) is 13.0 Å². The standard InChI is InChI=1S/C9H18O2/c1-5-6-7(2)8(3)9(10)11-4/h7-8H,5-6H2,1-4H3. The summed E-state index contributed by atoms with van der Waals surface area (Å²) in [5.74, 6) is 0.387. The smallest absolute Gasteiger partial charge is 0.308 e. The van der Waals surface area contributed by atoms with E-state index >= 15 is 0 Å². The molecule has 0 saturated carbocycles. The Morgan fingerprint density at radius 3 is 2.36 bits per heavy atom. The first-order chi connectivity index (χ1) is 5.13. The quantitative estimate of drug-likeness (QED) is 0.586. The van der Waals surface area contributed by atoms with Gasteiger partial charge in [-0.05, 0) is 5.92 Å². The van der Waals surface area contributed by atoms with Gasteiger partial charge in [-0.15, -0.1) is 0 Å². The van der Waals surface area contributed by atoms with Crippen molar-refractivity contribution in [2.75, 3.05) is 7.11 Å². The number of carbonyl (C=O) groups excluding carboxylic acids is 1. The third-order valence-electron chi connectivity index (χ3n) is 2.17. The highest BCUT2D eigenvalue weighted by molar-refractivity contribution is 5.72. The van der Waals surface area contributed by atoms with Crippen LogP contribution in [0.5, 0.6) is 0 Å². The SMILES string of the molecule is CCCC(C)C(C)C(=O)OC. The van der Waals surface area contributed by atoms with Crippen LogP contribution >= 0.6 is 0 Å². The Morgan fingerprint density at radius 1 is 1.45 bits per heavy atom. The van der Waals surface area contributed by atoms with Crippen LogP contribution in [-0.2, 0) is 9.53 Å². The predicted molar refractivity (Wildman–Crippen MR) is 45.3 cm³/mol. The maximum Gasteiger partial charge on any atom is 0.308 e. The highest BCUT2D eigenvalue weighted by Gasteiger charge is 2.19.